The molecule has 3 aromatic rings. The summed E-state index contributed by atoms with van der Waals surface area (Å²) in [6.45, 7) is 1.49. The molecule has 5 nitrogen and oxygen atoms in total. The molecule has 0 aliphatic rings. The molecule has 0 aliphatic carbocycles. The maximum Gasteiger partial charge on any atom is 0.0949 e. The van der Waals surface area contributed by atoms with Gasteiger partial charge < -0.3 is 9.88 Å². The summed E-state index contributed by atoms with van der Waals surface area (Å²) in [5, 5.41) is 3.35. The lowest BCUT2D eigenvalue weighted by Gasteiger charge is -2.08. The number of rotatable bonds is 5. The molecule has 20 heavy (non-hydrogen) atoms. The second-order valence-corrected chi connectivity index (χ2v) is 4.49. The van der Waals surface area contributed by atoms with Crippen molar-refractivity contribution in [2.75, 3.05) is 5.32 Å². The summed E-state index contributed by atoms with van der Waals surface area (Å²) in [5.41, 5.74) is 3.23. The molecule has 2 heterocycles. The average molecular weight is 265 g/mol. The molecule has 0 radical (unpaired) electrons. The molecule has 100 valence electrons. The topological polar surface area (TPSA) is 55.6 Å². The van der Waals surface area contributed by atoms with Crippen molar-refractivity contribution < 1.29 is 0 Å². The van der Waals surface area contributed by atoms with Crippen molar-refractivity contribution in [2.24, 2.45) is 0 Å². The van der Waals surface area contributed by atoms with Crippen LogP contribution in [0.15, 0.2) is 61.6 Å². The van der Waals surface area contributed by atoms with Crippen molar-refractivity contribution >= 4 is 5.69 Å². The van der Waals surface area contributed by atoms with Crippen LogP contribution in [0, 0.1) is 0 Å². The lowest BCUT2D eigenvalue weighted by molar-refractivity contribution is 0.797. The predicted molar refractivity (Wildman–Crippen MR) is 77.1 cm³/mol. The third-order valence-corrected chi connectivity index (χ3v) is 2.94. The van der Waals surface area contributed by atoms with Gasteiger partial charge in [0.2, 0.25) is 0 Å². The number of hydrogen-bond acceptors (Lipinski definition) is 4. The van der Waals surface area contributed by atoms with Crippen LogP contribution >= 0.6 is 0 Å². The Morgan fingerprint density at radius 1 is 1.10 bits per heavy atom. The van der Waals surface area contributed by atoms with E-state index in [0.29, 0.717) is 6.54 Å². The number of hydrogen-bond donors (Lipinski definition) is 1. The number of aromatic nitrogens is 4. The van der Waals surface area contributed by atoms with Gasteiger partial charge in [-0.15, -0.1) is 0 Å². The fourth-order valence-corrected chi connectivity index (χ4v) is 1.98. The minimum Gasteiger partial charge on any atom is -0.379 e. The second kappa shape index (κ2) is 5.97. The summed E-state index contributed by atoms with van der Waals surface area (Å²) in [4.78, 5) is 12.3. The Hall–Kier alpha value is -2.69. The van der Waals surface area contributed by atoms with Gasteiger partial charge in [-0.1, -0.05) is 12.1 Å². The van der Waals surface area contributed by atoms with Gasteiger partial charge in [-0.05, 0) is 17.7 Å². The van der Waals surface area contributed by atoms with E-state index in [1.54, 1.807) is 24.8 Å². The van der Waals surface area contributed by atoms with Gasteiger partial charge >= 0.3 is 0 Å². The summed E-state index contributed by atoms with van der Waals surface area (Å²) in [6, 6.07) is 8.34. The van der Waals surface area contributed by atoms with Crippen LogP contribution in [0.2, 0.25) is 0 Å². The molecule has 5 heteroatoms. The van der Waals surface area contributed by atoms with Gasteiger partial charge in [0.05, 0.1) is 24.8 Å². The summed E-state index contributed by atoms with van der Waals surface area (Å²) in [7, 11) is 0. The molecule has 2 aromatic heterocycles. The summed E-state index contributed by atoms with van der Waals surface area (Å²) >= 11 is 0. The van der Waals surface area contributed by atoms with E-state index < -0.39 is 0 Å². The van der Waals surface area contributed by atoms with Crippen molar-refractivity contribution in [3.05, 3.63) is 72.8 Å². The third kappa shape index (κ3) is 3.20. The Morgan fingerprint density at radius 2 is 2.10 bits per heavy atom. The maximum absolute atomic E-state index is 4.24. The molecule has 0 fully saturated rings. The van der Waals surface area contributed by atoms with Gasteiger partial charge in [-0.2, -0.15) is 0 Å². The first-order valence-electron chi connectivity index (χ1n) is 6.43. The molecule has 0 saturated carbocycles. The normalized spacial score (nSPS) is 10.4. The highest BCUT2D eigenvalue weighted by Crippen LogP contribution is 2.12. The fraction of sp³-hybridized carbons (Fsp3) is 0.133. The number of imidazole rings is 1. The Balaban J connectivity index is 1.65. The van der Waals surface area contributed by atoms with Crippen molar-refractivity contribution in [3.63, 3.8) is 0 Å². The van der Waals surface area contributed by atoms with Crippen molar-refractivity contribution in [3.8, 4) is 0 Å². The number of benzene rings is 1. The van der Waals surface area contributed by atoms with Crippen LogP contribution in [0.1, 0.15) is 11.3 Å². The largest absolute Gasteiger partial charge is 0.379 e. The monoisotopic (exact) mass is 265 g/mol. The highest BCUT2D eigenvalue weighted by Gasteiger charge is 1.98. The molecular formula is C15H15N5. The van der Waals surface area contributed by atoms with E-state index in [9.17, 15) is 0 Å². The van der Waals surface area contributed by atoms with E-state index in [4.69, 9.17) is 0 Å². The summed E-state index contributed by atoms with van der Waals surface area (Å²) in [5.74, 6) is 0. The molecule has 0 unspecified atom stereocenters. The Bertz CT molecular complexity index is 649. The predicted octanol–water partition coefficient (Wildman–Crippen LogP) is 2.33. The first kappa shape index (κ1) is 12.3. The van der Waals surface area contributed by atoms with Gasteiger partial charge in [0.15, 0.2) is 0 Å². The van der Waals surface area contributed by atoms with E-state index in [1.807, 2.05) is 29.2 Å². The minimum absolute atomic E-state index is 0.669. The van der Waals surface area contributed by atoms with Crippen LogP contribution in [0.5, 0.6) is 0 Å². The van der Waals surface area contributed by atoms with Crippen LogP contribution in [0.25, 0.3) is 0 Å². The number of nitrogens with zero attached hydrogens (tertiary/aromatic N) is 4. The lowest BCUT2D eigenvalue weighted by Crippen LogP contribution is -2.03. The van der Waals surface area contributed by atoms with E-state index in [1.165, 1.54) is 5.56 Å². The van der Waals surface area contributed by atoms with Crippen LogP contribution in [0.4, 0.5) is 5.69 Å². The van der Waals surface area contributed by atoms with Crippen LogP contribution < -0.4 is 5.32 Å². The van der Waals surface area contributed by atoms with E-state index in [-0.39, 0.29) is 0 Å². The van der Waals surface area contributed by atoms with Crippen LogP contribution in [-0.4, -0.2) is 19.5 Å². The molecule has 0 atom stereocenters. The van der Waals surface area contributed by atoms with Gasteiger partial charge in [-0.25, -0.2) is 4.98 Å². The zero-order valence-electron chi connectivity index (χ0n) is 11.0. The average Bonchev–Trinajstić information content (AvgIpc) is 3.00. The molecule has 0 saturated heterocycles. The van der Waals surface area contributed by atoms with E-state index >= 15 is 0 Å². The smallest absolute Gasteiger partial charge is 0.0949 e. The molecule has 1 N–H and O–H groups in total. The zero-order valence-corrected chi connectivity index (χ0v) is 11.0. The maximum atomic E-state index is 4.24. The lowest BCUT2D eigenvalue weighted by atomic mass is 10.2. The second-order valence-electron chi connectivity index (χ2n) is 4.49. The van der Waals surface area contributed by atoms with Crippen molar-refractivity contribution in [2.45, 2.75) is 13.1 Å². The Kier molecular flexibility index (Phi) is 3.68. The van der Waals surface area contributed by atoms with Crippen molar-refractivity contribution in [1.29, 1.82) is 0 Å². The molecule has 1 aromatic carbocycles. The Labute approximate surface area is 117 Å². The van der Waals surface area contributed by atoms with Crippen LogP contribution in [0.3, 0.4) is 0 Å². The van der Waals surface area contributed by atoms with Gasteiger partial charge in [0.25, 0.3) is 0 Å². The fourth-order valence-electron chi connectivity index (χ4n) is 1.98. The SMILES string of the molecule is c1cc(Cn2ccnc2)cc(NCc2cnccn2)c1. The third-order valence-electron chi connectivity index (χ3n) is 2.94. The number of nitrogens with one attached hydrogen (secondary N) is 1. The highest BCUT2D eigenvalue weighted by atomic mass is 15.0. The van der Waals surface area contributed by atoms with Gasteiger partial charge in [0.1, 0.15) is 0 Å². The van der Waals surface area contributed by atoms with Gasteiger partial charge in [0, 0.05) is 37.0 Å². The van der Waals surface area contributed by atoms with E-state index in [2.05, 4.69) is 32.4 Å². The van der Waals surface area contributed by atoms with Gasteiger partial charge in [-0.3, -0.25) is 9.97 Å². The molecule has 3 rings (SSSR count). The standard InChI is InChI=1S/C15H15N5/c1-2-13(11-20-7-6-17-12-20)8-14(3-1)19-10-15-9-16-4-5-18-15/h1-9,12,19H,10-11H2. The molecule has 0 amide bonds. The zero-order chi connectivity index (χ0) is 13.6. The number of anilines is 1. The summed E-state index contributed by atoms with van der Waals surface area (Å²) in [6.07, 6.45) is 10.7. The molecule has 0 spiro atoms. The summed E-state index contributed by atoms with van der Waals surface area (Å²) < 4.78 is 2.04. The first-order chi connectivity index (χ1) is 9.90. The Morgan fingerprint density at radius 3 is 2.90 bits per heavy atom. The molecule has 0 bridgehead atoms. The first-order valence-corrected chi connectivity index (χ1v) is 6.43. The highest BCUT2D eigenvalue weighted by molar-refractivity contribution is 5.45. The van der Waals surface area contributed by atoms with E-state index in [0.717, 1.165) is 17.9 Å². The molecule has 0 aliphatic heterocycles. The quantitative estimate of drug-likeness (QED) is 0.769. The minimum atomic E-state index is 0.669. The van der Waals surface area contributed by atoms with Crippen LogP contribution in [-0.2, 0) is 13.1 Å². The van der Waals surface area contributed by atoms with Crippen molar-refractivity contribution in [1.82, 2.24) is 19.5 Å². The molecular weight excluding hydrogens is 250 g/mol.